The summed E-state index contributed by atoms with van der Waals surface area (Å²) in [5.74, 6) is -1.04. The minimum atomic E-state index is -0.495. The molecule has 1 unspecified atom stereocenters. The zero-order chi connectivity index (χ0) is 28.6. The number of aromatic nitrogens is 2. The van der Waals surface area contributed by atoms with Crippen molar-refractivity contribution < 1.29 is 14.4 Å². The number of fused-ring (bicyclic) bond motifs is 1. The van der Waals surface area contributed by atoms with Gasteiger partial charge in [0.25, 0.3) is 11.8 Å². The van der Waals surface area contributed by atoms with Crippen molar-refractivity contribution in [3.8, 4) is 0 Å². The highest BCUT2D eigenvalue weighted by Gasteiger charge is 2.17. The molecule has 1 atom stereocenters. The number of hydrogen-bond acceptors (Lipinski definition) is 5. The topological polar surface area (TPSA) is 116 Å². The summed E-state index contributed by atoms with van der Waals surface area (Å²) >= 11 is 1.37. The zero-order valence-electron chi connectivity index (χ0n) is 22.1. The van der Waals surface area contributed by atoms with Crippen LogP contribution in [0.4, 0.5) is 11.4 Å². The summed E-state index contributed by atoms with van der Waals surface area (Å²) in [5.41, 5.74) is 3.33. The number of anilines is 2. The molecule has 5 rings (SSSR count). The van der Waals surface area contributed by atoms with E-state index in [4.69, 9.17) is 0 Å². The van der Waals surface area contributed by atoms with E-state index in [0.717, 1.165) is 15.8 Å². The highest BCUT2D eigenvalue weighted by Crippen LogP contribution is 2.27. The van der Waals surface area contributed by atoms with Crippen molar-refractivity contribution in [1.82, 2.24) is 15.3 Å². The molecule has 0 aliphatic rings. The van der Waals surface area contributed by atoms with Gasteiger partial charge in [0, 0.05) is 45.9 Å². The van der Waals surface area contributed by atoms with Gasteiger partial charge in [0.05, 0.1) is 5.25 Å². The molecule has 3 aromatic carbocycles. The van der Waals surface area contributed by atoms with Crippen LogP contribution < -0.4 is 16.0 Å². The molecule has 0 aliphatic heterocycles. The minimum Gasteiger partial charge on any atom is -0.361 e. The number of carbonyl (C=O) groups is 3. The van der Waals surface area contributed by atoms with Crippen LogP contribution in [0.3, 0.4) is 0 Å². The third kappa shape index (κ3) is 7.28. The van der Waals surface area contributed by atoms with E-state index in [2.05, 4.69) is 25.9 Å². The molecule has 0 spiro atoms. The second kappa shape index (κ2) is 12.8. The second-order valence-electron chi connectivity index (χ2n) is 9.18. The molecular formula is C32H27N5O3S. The Morgan fingerprint density at radius 3 is 2.51 bits per heavy atom. The molecule has 0 bridgehead atoms. The predicted octanol–water partition coefficient (Wildman–Crippen LogP) is 6.09. The molecule has 0 saturated heterocycles. The van der Waals surface area contributed by atoms with E-state index in [-0.39, 0.29) is 11.6 Å². The molecule has 0 aliphatic carbocycles. The van der Waals surface area contributed by atoms with Crippen LogP contribution in [0.15, 0.2) is 120 Å². The smallest absolute Gasteiger partial charge is 0.272 e. The van der Waals surface area contributed by atoms with Gasteiger partial charge in [-0.1, -0.05) is 36.4 Å². The van der Waals surface area contributed by atoms with Crippen molar-refractivity contribution in [1.29, 1.82) is 0 Å². The maximum Gasteiger partial charge on any atom is 0.272 e. The SMILES string of the molecule is CC(Sc1cccc(NC(=O)/C(=C/c2cccnc2)NC(=O)c2ccccc2)c1)C(=O)Nc1ccc2cc[nH]c2c1. The normalized spacial score (nSPS) is 12.0. The Morgan fingerprint density at radius 2 is 1.71 bits per heavy atom. The van der Waals surface area contributed by atoms with Crippen molar-refractivity contribution in [2.45, 2.75) is 17.1 Å². The fraction of sp³-hybridized carbons (Fsp3) is 0.0625. The molecule has 204 valence electrons. The van der Waals surface area contributed by atoms with Crippen molar-refractivity contribution in [3.05, 3.63) is 126 Å². The average molecular weight is 562 g/mol. The summed E-state index contributed by atoms with van der Waals surface area (Å²) in [6.45, 7) is 1.83. The van der Waals surface area contributed by atoms with Gasteiger partial charge in [-0.15, -0.1) is 11.8 Å². The van der Waals surface area contributed by atoms with Crippen LogP contribution in [0.25, 0.3) is 17.0 Å². The number of H-pyrrole nitrogens is 1. The molecule has 0 fully saturated rings. The number of carbonyl (C=O) groups excluding carboxylic acids is 3. The molecule has 0 radical (unpaired) electrons. The number of amides is 3. The first-order valence-corrected chi connectivity index (χ1v) is 13.8. The Kier molecular flexibility index (Phi) is 8.56. The molecule has 4 N–H and O–H groups in total. The van der Waals surface area contributed by atoms with E-state index >= 15 is 0 Å². The van der Waals surface area contributed by atoms with Crippen molar-refractivity contribution in [3.63, 3.8) is 0 Å². The lowest BCUT2D eigenvalue weighted by molar-refractivity contribution is -0.115. The van der Waals surface area contributed by atoms with Crippen LogP contribution in [-0.2, 0) is 9.59 Å². The third-order valence-corrected chi connectivity index (χ3v) is 7.21. The van der Waals surface area contributed by atoms with Crippen LogP contribution in [0.1, 0.15) is 22.8 Å². The molecular weight excluding hydrogens is 534 g/mol. The van der Waals surface area contributed by atoms with E-state index in [0.29, 0.717) is 22.5 Å². The average Bonchev–Trinajstić information content (AvgIpc) is 3.46. The van der Waals surface area contributed by atoms with Crippen molar-refractivity contribution >= 4 is 57.8 Å². The van der Waals surface area contributed by atoms with Crippen LogP contribution >= 0.6 is 11.8 Å². The minimum absolute atomic E-state index is 0.0664. The van der Waals surface area contributed by atoms with Gasteiger partial charge in [-0.3, -0.25) is 19.4 Å². The lowest BCUT2D eigenvalue weighted by Gasteiger charge is -2.14. The monoisotopic (exact) mass is 561 g/mol. The van der Waals surface area contributed by atoms with Gasteiger partial charge in [-0.05, 0) is 78.5 Å². The first-order valence-electron chi connectivity index (χ1n) is 12.9. The Labute approximate surface area is 241 Å². The molecule has 8 nitrogen and oxygen atoms in total. The molecule has 3 amide bonds. The number of thioether (sulfide) groups is 1. The summed E-state index contributed by atoms with van der Waals surface area (Å²) < 4.78 is 0. The zero-order valence-corrected chi connectivity index (χ0v) is 22.9. The third-order valence-electron chi connectivity index (χ3n) is 6.12. The quantitative estimate of drug-likeness (QED) is 0.128. The fourth-order valence-electron chi connectivity index (χ4n) is 4.04. The maximum absolute atomic E-state index is 13.3. The highest BCUT2D eigenvalue weighted by atomic mass is 32.2. The number of aromatic amines is 1. The van der Waals surface area contributed by atoms with Crippen LogP contribution in [0.5, 0.6) is 0 Å². The second-order valence-corrected chi connectivity index (χ2v) is 10.6. The van der Waals surface area contributed by atoms with Crippen LogP contribution in [0, 0.1) is 0 Å². The van der Waals surface area contributed by atoms with Crippen molar-refractivity contribution in [2.75, 3.05) is 10.6 Å². The first-order chi connectivity index (χ1) is 19.9. The van der Waals surface area contributed by atoms with E-state index in [1.54, 1.807) is 73.1 Å². The fourth-order valence-corrected chi connectivity index (χ4v) is 4.97. The standard InChI is InChI=1S/C32H27N5O3S/c1-21(30(38)35-26-13-12-23-14-16-34-28(23)19-26)41-27-11-5-10-25(18-27)36-32(40)29(17-22-7-6-15-33-20-22)37-31(39)24-8-3-2-4-9-24/h2-21,34H,1H3,(H,35,38)(H,36,40)(H,37,39)/b29-17-. The number of nitrogens with zero attached hydrogens (tertiary/aromatic N) is 1. The van der Waals surface area contributed by atoms with E-state index in [1.165, 1.54) is 11.8 Å². The lowest BCUT2D eigenvalue weighted by Crippen LogP contribution is -2.30. The van der Waals surface area contributed by atoms with Gasteiger partial charge in [-0.2, -0.15) is 0 Å². The molecule has 5 aromatic rings. The van der Waals surface area contributed by atoms with Gasteiger partial charge in [0.15, 0.2) is 0 Å². The summed E-state index contributed by atoms with van der Waals surface area (Å²) in [4.78, 5) is 47.0. The van der Waals surface area contributed by atoms with Crippen LogP contribution in [0.2, 0.25) is 0 Å². The summed E-state index contributed by atoms with van der Waals surface area (Å²) in [5, 5.41) is 9.21. The van der Waals surface area contributed by atoms with Gasteiger partial charge in [0.2, 0.25) is 5.91 Å². The van der Waals surface area contributed by atoms with E-state index in [9.17, 15) is 14.4 Å². The molecule has 2 aromatic heterocycles. The van der Waals surface area contributed by atoms with Crippen LogP contribution in [-0.4, -0.2) is 32.9 Å². The molecule has 0 saturated carbocycles. The van der Waals surface area contributed by atoms with Crippen molar-refractivity contribution in [2.24, 2.45) is 0 Å². The summed E-state index contributed by atoms with van der Waals surface area (Å²) in [6, 6.07) is 27.1. The molecule has 9 heteroatoms. The Morgan fingerprint density at radius 1 is 0.878 bits per heavy atom. The lowest BCUT2D eigenvalue weighted by atomic mass is 10.2. The number of rotatable bonds is 9. The van der Waals surface area contributed by atoms with E-state index in [1.807, 2.05) is 49.5 Å². The number of nitrogens with one attached hydrogen (secondary N) is 4. The number of benzene rings is 3. The molecule has 41 heavy (non-hydrogen) atoms. The summed E-state index contributed by atoms with van der Waals surface area (Å²) in [6.07, 6.45) is 6.65. The maximum atomic E-state index is 13.3. The van der Waals surface area contributed by atoms with Gasteiger partial charge in [-0.25, -0.2) is 0 Å². The molecule has 2 heterocycles. The number of pyridine rings is 1. The Balaban J connectivity index is 1.26. The Bertz CT molecular complexity index is 1720. The first kappa shape index (κ1) is 27.4. The summed E-state index contributed by atoms with van der Waals surface area (Å²) in [7, 11) is 0. The largest absolute Gasteiger partial charge is 0.361 e. The van der Waals surface area contributed by atoms with Gasteiger partial charge >= 0.3 is 0 Å². The van der Waals surface area contributed by atoms with E-state index < -0.39 is 17.1 Å². The highest BCUT2D eigenvalue weighted by molar-refractivity contribution is 8.00. The predicted molar refractivity (Wildman–Crippen MR) is 163 cm³/mol. The van der Waals surface area contributed by atoms with Gasteiger partial charge in [0.1, 0.15) is 5.70 Å². The van der Waals surface area contributed by atoms with Gasteiger partial charge < -0.3 is 20.9 Å². The number of hydrogen-bond donors (Lipinski definition) is 4. The Hall–Kier alpha value is -5.15.